The molecule has 0 saturated carbocycles. The molecule has 17 heteroatoms. The summed E-state index contributed by atoms with van der Waals surface area (Å²) in [6, 6.07) is 11.3. The second-order valence-corrected chi connectivity index (χ2v) is 9.46. The van der Waals surface area contributed by atoms with Gasteiger partial charge in [0.1, 0.15) is 6.04 Å². The van der Waals surface area contributed by atoms with Crippen LogP contribution in [-0.4, -0.2) is 63.8 Å². The number of rotatable bonds is 13. The lowest BCUT2D eigenvalue weighted by Crippen LogP contribution is -2.42. The second kappa shape index (κ2) is 14.7. The number of hydrogen-bond donors (Lipinski definition) is 4. The van der Waals surface area contributed by atoms with Gasteiger partial charge in [0.15, 0.2) is 17.0 Å². The molecule has 0 aliphatic heterocycles. The van der Waals surface area contributed by atoms with Crippen molar-refractivity contribution in [3.05, 3.63) is 82.0 Å². The second-order valence-electron chi connectivity index (χ2n) is 9.46. The lowest BCUT2D eigenvalue weighted by atomic mass is 10.1. The normalized spacial score (nSPS) is 11.1. The average Bonchev–Trinajstić information content (AvgIpc) is 3.05. The zero-order valence-corrected chi connectivity index (χ0v) is 24.0. The number of azide groups is 1. The SMILES string of the molecule is COC(=O)[C@H](CCCNC(=O)c1ccc(N=[N+]=[N-])cc1)NC(=O)c1ccc(N(C=O)Cc2cnc3nc(N)nc(N)c3n2)cc1. The summed E-state index contributed by atoms with van der Waals surface area (Å²) < 4.78 is 4.84. The summed E-state index contributed by atoms with van der Waals surface area (Å²) in [7, 11) is 1.21. The van der Waals surface area contributed by atoms with Crippen molar-refractivity contribution in [3.63, 3.8) is 0 Å². The molecule has 2 aromatic carbocycles. The van der Waals surface area contributed by atoms with Crippen LogP contribution < -0.4 is 27.0 Å². The molecule has 0 aliphatic rings. The Kier molecular flexibility index (Phi) is 10.3. The number of esters is 1. The molecule has 0 unspecified atom stereocenters. The van der Waals surface area contributed by atoms with Crippen molar-refractivity contribution in [2.45, 2.75) is 25.4 Å². The number of methoxy groups -OCH3 is 1. The molecular weight excluding hydrogens is 584 g/mol. The van der Waals surface area contributed by atoms with E-state index in [4.69, 9.17) is 21.7 Å². The first-order valence-corrected chi connectivity index (χ1v) is 13.4. The van der Waals surface area contributed by atoms with E-state index >= 15 is 0 Å². The first kappa shape index (κ1) is 31.6. The van der Waals surface area contributed by atoms with E-state index in [9.17, 15) is 19.2 Å². The Labute approximate surface area is 255 Å². The van der Waals surface area contributed by atoms with Crippen LogP contribution in [0.1, 0.15) is 39.3 Å². The Hall–Kier alpha value is -6.35. The Morgan fingerprint density at radius 2 is 1.73 bits per heavy atom. The van der Waals surface area contributed by atoms with E-state index in [0.717, 1.165) is 0 Å². The van der Waals surface area contributed by atoms with Gasteiger partial charge in [-0.1, -0.05) is 17.2 Å². The fraction of sp³-hybridized carbons (Fsp3) is 0.214. The monoisotopic (exact) mass is 612 g/mol. The summed E-state index contributed by atoms with van der Waals surface area (Å²) in [4.78, 5) is 70.0. The third-order valence-corrected chi connectivity index (χ3v) is 6.46. The largest absolute Gasteiger partial charge is 0.467 e. The third kappa shape index (κ3) is 8.14. The van der Waals surface area contributed by atoms with Gasteiger partial charge < -0.3 is 31.7 Å². The molecule has 0 bridgehead atoms. The average molecular weight is 613 g/mol. The number of nitrogens with one attached hydrogen (secondary N) is 2. The number of hydrogen-bond acceptors (Lipinski definition) is 12. The molecule has 2 aromatic heterocycles. The zero-order valence-electron chi connectivity index (χ0n) is 24.0. The van der Waals surface area contributed by atoms with Gasteiger partial charge in [0.25, 0.3) is 11.8 Å². The van der Waals surface area contributed by atoms with E-state index in [-0.39, 0.29) is 53.9 Å². The van der Waals surface area contributed by atoms with E-state index in [2.05, 4.69) is 40.6 Å². The number of benzene rings is 2. The van der Waals surface area contributed by atoms with Crippen LogP contribution in [-0.2, 0) is 20.9 Å². The van der Waals surface area contributed by atoms with Crippen LogP contribution in [0.25, 0.3) is 21.6 Å². The number of nitrogens with zero attached hydrogens (tertiary/aromatic N) is 8. The van der Waals surface area contributed by atoms with Gasteiger partial charge in [0, 0.05) is 34.0 Å². The molecule has 17 nitrogen and oxygen atoms in total. The number of carbonyl (C=O) groups excluding carboxylic acids is 4. The number of anilines is 3. The van der Waals surface area contributed by atoms with Crippen LogP contribution in [0.2, 0.25) is 0 Å². The third-order valence-electron chi connectivity index (χ3n) is 6.46. The van der Waals surface area contributed by atoms with Crippen LogP contribution in [0.5, 0.6) is 0 Å². The van der Waals surface area contributed by atoms with Crippen molar-refractivity contribution in [1.29, 1.82) is 0 Å². The van der Waals surface area contributed by atoms with Crippen molar-refractivity contribution in [2.24, 2.45) is 5.11 Å². The highest BCUT2D eigenvalue weighted by Crippen LogP contribution is 2.19. The molecule has 3 amide bonds. The summed E-state index contributed by atoms with van der Waals surface area (Å²) in [6.45, 7) is 0.273. The van der Waals surface area contributed by atoms with Crippen molar-refractivity contribution < 1.29 is 23.9 Å². The minimum atomic E-state index is -0.966. The van der Waals surface area contributed by atoms with Crippen LogP contribution >= 0.6 is 0 Å². The fourth-order valence-electron chi connectivity index (χ4n) is 4.20. The van der Waals surface area contributed by atoms with Gasteiger partial charge in [-0.3, -0.25) is 14.4 Å². The number of carbonyl (C=O) groups is 4. The number of ether oxygens (including phenoxy) is 1. The van der Waals surface area contributed by atoms with Gasteiger partial charge in [-0.05, 0) is 54.8 Å². The topological polar surface area (TPSA) is 257 Å². The van der Waals surface area contributed by atoms with Crippen molar-refractivity contribution in [2.75, 3.05) is 30.0 Å². The first-order chi connectivity index (χ1) is 21.7. The molecule has 0 radical (unpaired) electrons. The highest BCUT2D eigenvalue weighted by atomic mass is 16.5. The first-order valence-electron chi connectivity index (χ1n) is 13.4. The molecule has 230 valence electrons. The predicted octanol–water partition coefficient (Wildman–Crippen LogP) is 2.17. The van der Waals surface area contributed by atoms with Crippen molar-refractivity contribution in [3.8, 4) is 0 Å². The van der Waals surface area contributed by atoms with Gasteiger partial charge in [0.2, 0.25) is 12.4 Å². The van der Waals surface area contributed by atoms with Crippen molar-refractivity contribution >= 4 is 58.5 Å². The van der Waals surface area contributed by atoms with Crippen molar-refractivity contribution in [1.82, 2.24) is 30.6 Å². The minimum Gasteiger partial charge on any atom is -0.467 e. The Bertz CT molecular complexity index is 1760. The smallest absolute Gasteiger partial charge is 0.328 e. The van der Waals surface area contributed by atoms with Crippen LogP contribution in [0.4, 0.5) is 23.1 Å². The number of nitrogens with two attached hydrogens (primary N) is 2. The molecule has 1 atom stereocenters. The molecule has 2 heterocycles. The van der Waals surface area contributed by atoms with Gasteiger partial charge in [0.05, 0.1) is 25.5 Å². The molecular formula is C28H28N12O5. The molecule has 0 spiro atoms. The Morgan fingerprint density at radius 3 is 2.40 bits per heavy atom. The molecule has 0 fully saturated rings. The van der Waals surface area contributed by atoms with Gasteiger partial charge in [-0.2, -0.15) is 9.97 Å². The summed E-state index contributed by atoms with van der Waals surface area (Å²) in [6.07, 6.45) is 2.60. The lowest BCUT2D eigenvalue weighted by Gasteiger charge is -2.19. The maximum atomic E-state index is 12.9. The van der Waals surface area contributed by atoms with E-state index in [1.165, 1.54) is 54.6 Å². The molecule has 0 saturated heterocycles. The number of fused-ring (bicyclic) bond motifs is 1. The van der Waals surface area contributed by atoms with Gasteiger partial charge >= 0.3 is 5.97 Å². The number of amides is 3. The van der Waals surface area contributed by atoms with Crippen LogP contribution in [0, 0.1) is 0 Å². The molecule has 4 rings (SSSR count). The van der Waals surface area contributed by atoms with E-state index in [1.54, 1.807) is 12.1 Å². The number of aromatic nitrogens is 4. The highest BCUT2D eigenvalue weighted by molar-refractivity contribution is 5.97. The quantitative estimate of drug-likeness (QED) is 0.0424. The summed E-state index contributed by atoms with van der Waals surface area (Å²) in [5.41, 5.74) is 22.3. The highest BCUT2D eigenvalue weighted by Gasteiger charge is 2.22. The predicted molar refractivity (Wildman–Crippen MR) is 163 cm³/mol. The minimum absolute atomic E-state index is 0.0318. The van der Waals surface area contributed by atoms with Gasteiger partial charge in [-0.15, -0.1) is 0 Å². The zero-order chi connectivity index (χ0) is 32.3. The summed E-state index contributed by atoms with van der Waals surface area (Å²) >= 11 is 0. The lowest BCUT2D eigenvalue weighted by molar-refractivity contribution is -0.143. The molecule has 6 N–H and O–H groups in total. The van der Waals surface area contributed by atoms with E-state index in [1.807, 2.05) is 0 Å². The summed E-state index contributed by atoms with van der Waals surface area (Å²) in [5.74, 6) is -1.49. The van der Waals surface area contributed by atoms with E-state index in [0.29, 0.717) is 35.5 Å². The maximum absolute atomic E-state index is 12.9. The van der Waals surface area contributed by atoms with E-state index < -0.39 is 17.9 Å². The van der Waals surface area contributed by atoms with Crippen LogP contribution in [0.15, 0.2) is 59.8 Å². The molecule has 45 heavy (non-hydrogen) atoms. The summed E-state index contributed by atoms with van der Waals surface area (Å²) in [5, 5.41) is 8.84. The molecule has 0 aliphatic carbocycles. The Balaban J connectivity index is 1.33. The number of nitrogen functional groups attached to an aromatic ring is 2. The van der Waals surface area contributed by atoms with Crippen LogP contribution in [0.3, 0.4) is 0 Å². The van der Waals surface area contributed by atoms with Gasteiger partial charge in [-0.25, -0.2) is 14.8 Å². The standard InChI is InChI=1S/C28H28N12O5/c1-45-27(44)21(3-2-12-32-25(42)16-4-8-18(9-5-16)38-39-31)35-26(43)17-6-10-20(11-7-17)40(15-41)14-19-13-33-24-22(34-19)23(29)36-28(30)37-24/h4-11,13,15,21H,2-3,12,14H2,1H3,(H,32,42)(H,35,43)(H4,29,30,33,36,37)/t21-/m0/s1. The Morgan fingerprint density at radius 1 is 1.04 bits per heavy atom. The fourth-order valence-corrected chi connectivity index (χ4v) is 4.20. The maximum Gasteiger partial charge on any atom is 0.328 e. The molecule has 4 aromatic rings.